The number of aliphatic hydroxyl groups excluding tert-OH is 1. The minimum atomic E-state index is -0.810. The predicted octanol–water partition coefficient (Wildman–Crippen LogP) is 5.05. The van der Waals surface area contributed by atoms with Crippen molar-refractivity contribution in [2.45, 2.75) is 84.9 Å². The van der Waals surface area contributed by atoms with E-state index in [4.69, 9.17) is 0 Å². The van der Waals surface area contributed by atoms with Crippen LogP contribution in [0.3, 0.4) is 0 Å². The van der Waals surface area contributed by atoms with E-state index in [0.717, 1.165) is 32.8 Å². The third-order valence-electron chi connectivity index (χ3n) is 7.86. The molecule has 1 saturated heterocycles. The molecule has 2 amide bonds. The number of β-amino-alcohol motifs (C(OH)–C–C–N with tert-alkyl or cyclic N) is 1. The van der Waals surface area contributed by atoms with Crippen LogP contribution in [0.2, 0.25) is 0 Å². The fourth-order valence-corrected chi connectivity index (χ4v) is 6.20. The van der Waals surface area contributed by atoms with Crippen molar-refractivity contribution in [3.63, 3.8) is 0 Å². The number of carbonyl (C=O) groups excluding carboxylic acids is 3. The van der Waals surface area contributed by atoms with Crippen molar-refractivity contribution in [1.82, 2.24) is 15.2 Å². The minimum absolute atomic E-state index is 0.0733. The number of rotatable bonds is 10. The fourth-order valence-electron chi connectivity index (χ4n) is 5.38. The summed E-state index contributed by atoms with van der Waals surface area (Å²) in [5.41, 5.74) is 6.62. The third kappa shape index (κ3) is 7.68. The van der Waals surface area contributed by atoms with Crippen LogP contribution in [0.15, 0.2) is 54.0 Å². The maximum absolute atomic E-state index is 13.8. The Balaban J connectivity index is 1.39. The first kappa shape index (κ1) is 30.6. The number of aryl methyl sites for hydroxylation is 4. The molecule has 1 aliphatic heterocycles. The fraction of sp³-hybridized carbons (Fsp3) is 0.455. The van der Waals surface area contributed by atoms with Crippen LogP contribution < -0.4 is 5.32 Å². The van der Waals surface area contributed by atoms with E-state index in [2.05, 4.69) is 10.3 Å². The lowest BCUT2D eigenvalue weighted by Crippen LogP contribution is -2.56. The summed E-state index contributed by atoms with van der Waals surface area (Å²) in [5.74, 6) is -0.599. The highest BCUT2D eigenvalue weighted by Crippen LogP contribution is 2.29. The Morgan fingerprint density at radius 2 is 1.76 bits per heavy atom. The molecule has 41 heavy (non-hydrogen) atoms. The smallest absolute Gasteiger partial charge is 0.246 e. The van der Waals surface area contributed by atoms with Crippen molar-refractivity contribution in [2.24, 2.45) is 5.41 Å². The van der Waals surface area contributed by atoms with Gasteiger partial charge in [-0.1, -0.05) is 69.3 Å². The summed E-state index contributed by atoms with van der Waals surface area (Å²) in [6.07, 6.45) is 1.10. The van der Waals surface area contributed by atoms with Crippen LogP contribution >= 0.6 is 11.3 Å². The monoisotopic (exact) mass is 575 g/mol. The number of nitrogens with one attached hydrogen (secondary N) is 1. The first-order valence-electron chi connectivity index (χ1n) is 14.3. The van der Waals surface area contributed by atoms with Gasteiger partial charge in [-0.2, -0.15) is 0 Å². The lowest BCUT2D eigenvalue weighted by Gasteiger charge is -2.35. The van der Waals surface area contributed by atoms with E-state index in [1.807, 2.05) is 88.7 Å². The van der Waals surface area contributed by atoms with Gasteiger partial charge in [-0.15, -0.1) is 11.3 Å². The van der Waals surface area contributed by atoms with Crippen LogP contribution in [0, 0.1) is 19.3 Å². The molecule has 2 N–H and O–H groups in total. The van der Waals surface area contributed by atoms with Crippen LogP contribution in [0.5, 0.6) is 0 Å². The Kier molecular flexibility index (Phi) is 9.76. The summed E-state index contributed by atoms with van der Waals surface area (Å²) < 4.78 is 0. The summed E-state index contributed by atoms with van der Waals surface area (Å²) in [4.78, 5) is 47.1. The number of aromatic nitrogens is 1. The van der Waals surface area contributed by atoms with E-state index in [0.29, 0.717) is 12.8 Å². The Bertz CT molecular complexity index is 1380. The van der Waals surface area contributed by atoms with Crippen molar-refractivity contribution in [2.75, 3.05) is 6.54 Å². The zero-order valence-corrected chi connectivity index (χ0v) is 25.5. The van der Waals surface area contributed by atoms with Crippen LogP contribution in [0.4, 0.5) is 0 Å². The van der Waals surface area contributed by atoms with Gasteiger partial charge in [-0.05, 0) is 54.4 Å². The van der Waals surface area contributed by atoms with Gasteiger partial charge in [-0.3, -0.25) is 14.4 Å². The topological polar surface area (TPSA) is 99.6 Å². The maximum atomic E-state index is 13.8. The normalized spacial score (nSPS) is 17.9. The van der Waals surface area contributed by atoms with Gasteiger partial charge in [0.2, 0.25) is 11.8 Å². The van der Waals surface area contributed by atoms with Crippen LogP contribution in [-0.2, 0) is 27.2 Å². The molecule has 7 nitrogen and oxygen atoms in total. The van der Waals surface area contributed by atoms with Gasteiger partial charge in [0.05, 0.1) is 28.2 Å². The predicted molar refractivity (Wildman–Crippen MR) is 163 cm³/mol. The summed E-state index contributed by atoms with van der Waals surface area (Å²) in [7, 11) is 0. The molecule has 4 rings (SSSR count). The molecule has 1 fully saturated rings. The van der Waals surface area contributed by atoms with Crippen molar-refractivity contribution in [3.8, 4) is 10.4 Å². The van der Waals surface area contributed by atoms with Gasteiger partial charge >= 0.3 is 0 Å². The van der Waals surface area contributed by atoms with Gasteiger partial charge in [0.1, 0.15) is 6.04 Å². The molecular weight excluding hydrogens is 534 g/mol. The summed E-state index contributed by atoms with van der Waals surface area (Å²) in [5, 5.41) is 13.4. The van der Waals surface area contributed by atoms with Crippen LogP contribution in [0.25, 0.3) is 10.4 Å². The van der Waals surface area contributed by atoms with Gasteiger partial charge in [-0.25, -0.2) is 4.98 Å². The van der Waals surface area contributed by atoms with Crippen molar-refractivity contribution in [1.29, 1.82) is 0 Å². The van der Waals surface area contributed by atoms with E-state index in [1.54, 1.807) is 11.3 Å². The summed E-state index contributed by atoms with van der Waals surface area (Å²) in [6, 6.07) is 14.6. The Labute approximate surface area is 247 Å². The molecule has 2 aromatic carbocycles. The maximum Gasteiger partial charge on any atom is 0.246 e. The van der Waals surface area contributed by atoms with E-state index in [9.17, 15) is 19.5 Å². The number of carbonyl (C=O) groups is 3. The minimum Gasteiger partial charge on any atom is -0.391 e. The van der Waals surface area contributed by atoms with Crippen molar-refractivity contribution in [3.05, 3.63) is 76.4 Å². The number of thiazole rings is 1. The number of nitrogens with zero attached hydrogens (tertiary/aromatic N) is 2. The number of Topliss-reactive ketones (excluding diaryl/α,β-unsaturated/α-hetero) is 1. The number of likely N-dealkylation sites (tertiary alicyclic amines) is 1. The van der Waals surface area contributed by atoms with E-state index in [1.165, 1.54) is 4.90 Å². The van der Waals surface area contributed by atoms with Gasteiger partial charge in [0.15, 0.2) is 5.78 Å². The Morgan fingerprint density at radius 1 is 1.05 bits per heavy atom. The number of hydrogen-bond acceptors (Lipinski definition) is 6. The molecule has 0 aliphatic carbocycles. The molecule has 0 bridgehead atoms. The molecule has 218 valence electrons. The standard InChI is InChI=1S/C33H41N3O4S/c1-21-8-6-7-9-24(21)15-17-29(39)35-31(33(3,4)5)32(40)36-19-26(37)18-27(36)28(38)16-12-23-10-13-25(14-11-23)30-22(2)34-20-41-30/h6-11,13-14,20,26-27,31,37H,12,15-19H2,1-5H3,(H,35,39)/t26-,27+,31-/m1/s1. The number of benzene rings is 2. The Hall–Kier alpha value is -3.36. The van der Waals surface area contributed by atoms with Crippen molar-refractivity contribution < 1.29 is 19.5 Å². The quantitative estimate of drug-likeness (QED) is 0.352. The lowest BCUT2D eigenvalue weighted by molar-refractivity contribution is -0.143. The number of aliphatic hydroxyl groups is 1. The molecule has 1 aliphatic rings. The molecule has 3 aromatic rings. The molecule has 3 atom stereocenters. The highest BCUT2D eigenvalue weighted by molar-refractivity contribution is 7.13. The molecule has 0 saturated carbocycles. The molecule has 2 heterocycles. The molecule has 8 heteroatoms. The first-order valence-corrected chi connectivity index (χ1v) is 15.2. The number of hydrogen-bond donors (Lipinski definition) is 2. The second-order valence-electron chi connectivity index (χ2n) is 12.1. The first-order chi connectivity index (χ1) is 19.4. The lowest BCUT2D eigenvalue weighted by atomic mass is 9.85. The van der Waals surface area contributed by atoms with Crippen LogP contribution in [-0.4, -0.2) is 57.3 Å². The highest BCUT2D eigenvalue weighted by atomic mass is 32.1. The van der Waals surface area contributed by atoms with Gasteiger partial charge in [0, 0.05) is 25.8 Å². The molecule has 0 unspecified atom stereocenters. The SMILES string of the molecule is Cc1ccccc1CCC(=O)N[C@H](C(=O)N1C[C@H](O)C[C@H]1C(=O)CCc1ccc(-c2scnc2C)cc1)C(C)(C)C. The average Bonchev–Trinajstić information content (AvgIpc) is 3.54. The molecule has 0 radical (unpaired) electrons. The second-order valence-corrected chi connectivity index (χ2v) is 13.0. The molecular formula is C33H41N3O4S. The summed E-state index contributed by atoms with van der Waals surface area (Å²) in [6.45, 7) is 9.80. The third-order valence-corrected chi connectivity index (χ3v) is 8.83. The number of ketones is 1. The molecule has 1 aromatic heterocycles. The largest absolute Gasteiger partial charge is 0.391 e. The summed E-state index contributed by atoms with van der Waals surface area (Å²) >= 11 is 1.60. The molecule has 0 spiro atoms. The van der Waals surface area contributed by atoms with Crippen molar-refractivity contribution >= 4 is 28.9 Å². The zero-order valence-electron chi connectivity index (χ0n) is 24.6. The zero-order chi connectivity index (χ0) is 29.7. The van der Waals surface area contributed by atoms with Gasteiger partial charge in [0.25, 0.3) is 0 Å². The number of amides is 2. The highest BCUT2D eigenvalue weighted by Gasteiger charge is 2.44. The van der Waals surface area contributed by atoms with Gasteiger partial charge < -0.3 is 15.3 Å². The van der Waals surface area contributed by atoms with Crippen LogP contribution in [0.1, 0.15) is 62.4 Å². The van der Waals surface area contributed by atoms with E-state index < -0.39 is 23.6 Å². The second kappa shape index (κ2) is 13.1. The average molecular weight is 576 g/mol. The van der Waals surface area contributed by atoms with E-state index in [-0.39, 0.29) is 43.4 Å². The Morgan fingerprint density at radius 3 is 2.39 bits per heavy atom. The van der Waals surface area contributed by atoms with E-state index >= 15 is 0 Å².